The predicted molar refractivity (Wildman–Crippen MR) is 86.6 cm³/mol. The lowest BCUT2D eigenvalue weighted by atomic mass is 10.0. The van der Waals surface area contributed by atoms with Gasteiger partial charge >= 0.3 is 6.03 Å². The number of benzene rings is 2. The fraction of sp³-hybridized carbons (Fsp3) is 0.278. The van der Waals surface area contributed by atoms with Gasteiger partial charge in [-0.3, -0.25) is 0 Å². The molecule has 3 rings (SSSR count). The van der Waals surface area contributed by atoms with Gasteiger partial charge in [0.15, 0.2) is 11.6 Å². The van der Waals surface area contributed by atoms with Crippen molar-refractivity contribution in [2.45, 2.75) is 25.5 Å². The van der Waals surface area contributed by atoms with Crippen molar-refractivity contribution in [1.82, 2.24) is 4.90 Å². The third-order valence-electron chi connectivity index (χ3n) is 4.17. The number of aryl methyl sites for hydroxylation is 1. The molecular formula is C18H18F2N2O2. The lowest BCUT2D eigenvalue weighted by Crippen LogP contribution is -2.35. The highest BCUT2D eigenvalue weighted by molar-refractivity contribution is 5.89. The van der Waals surface area contributed by atoms with Crippen molar-refractivity contribution >= 4 is 11.7 Å². The van der Waals surface area contributed by atoms with E-state index in [4.69, 9.17) is 0 Å². The van der Waals surface area contributed by atoms with Gasteiger partial charge < -0.3 is 15.3 Å². The lowest BCUT2D eigenvalue weighted by Gasteiger charge is -2.25. The molecule has 1 saturated heterocycles. The smallest absolute Gasteiger partial charge is 0.322 e. The molecule has 6 heteroatoms. The molecule has 24 heavy (non-hydrogen) atoms. The van der Waals surface area contributed by atoms with Crippen LogP contribution in [-0.2, 0) is 0 Å². The number of urea groups is 1. The predicted octanol–water partition coefficient (Wildman–Crippen LogP) is 3.61. The summed E-state index contributed by atoms with van der Waals surface area (Å²) >= 11 is 0. The fourth-order valence-corrected chi connectivity index (χ4v) is 2.91. The molecule has 0 aliphatic carbocycles. The number of hydrogen-bond donors (Lipinski definition) is 2. The molecule has 0 saturated carbocycles. The van der Waals surface area contributed by atoms with Crippen LogP contribution in [0.2, 0.25) is 0 Å². The third-order valence-corrected chi connectivity index (χ3v) is 4.17. The summed E-state index contributed by atoms with van der Waals surface area (Å²) in [5.74, 6) is -1.90. The van der Waals surface area contributed by atoms with E-state index < -0.39 is 23.8 Å². The number of nitrogens with one attached hydrogen (secondary N) is 1. The van der Waals surface area contributed by atoms with E-state index in [9.17, 15) is 18.7 Å². The molecule has 2 aromatic rings. The first-order chi connectivity index (χ1) is 11.4. The van der Waals surface area contributed by atoms with Crippen LogP contribution >= 0.6 is 0 Å². The van der Waals surface area contributed by atoms with Crippen LogP contribution < -0.4 is 5.32 Å². The summed E-state index contributed by atoms with van der Waals surface area (Å²) in [6.07, 6.45) is -0.418. The first kappa shape index (κ1) is 16.4. The van der Waals surface area contributed by atoms with Gasteiger partial charge in [-0.05, 0) is 43.2 Å². The fourth-order valence-electron chi connectivity index (χ4n) is 2.91. The summed E-state index contributed by atoms with van der Waals surface area (Å²) in [6.45, 7) is 2.09. The number of anilines is 1. The number of rotatable bonds is 2. The van der Waals surface area contributed by atoms with Crippen LogP contribution in [0.4, 0.5) is 19.3 Å². The second-order valence-electron chi connectivity index (χ2n) is 6.03. The number of likely N-dealkylation sites (tertiary alicyclic amines) is 1. The van der Waals surface area contributed by atoms with Crippen LogP contribution in [-0.4, -0.2) is 28.7 Å². The van der Waals surface area contributed by atoms with Gasteiger partial charge in [0, 0.05) is 12.2 Å². The van der Waals surface area contributed by atoms with Crippen LogP contribution in [0.5, 0.6) is 0 Å². The van der Waals surface area contributed by atoms with Crippen molar-refractivity contribution in [2.24, 2.45) is 0 Å². The van der Waals surface area contributed by atoms with E-state index in [1.165, 1.54) is 11.0 Å². The summed E-state index contributed by atoms with van der Waals surface area (Å²) in [5, 5.41) is 12.7. The Labute approximate surface area is 138 Å². The average molecular weight is 332 g/mol. The van der Waals surface area contributed by atoms with E-state index in [-0.39, 0.29) is 19.0 Å². The minimum absolute atomic E-state index is 0.140. The molecule has 4 nitrogen and oxygen atoms in total. The first-order valence-corrected chi connectivity index (χ1v) is 7.71. The van der Waals surface area contributed by atoms with E-state index >= 15 is 0 Å². The Balaban J connectivity index is 1.80. The lowest BCUT2D eigenvalue weighted by molar-refractivity contribution is 0.175. The molecule has 2 aromatic carbocycles. The number of aliphatic hydroxyl groups is 1. The number of carbonyl (C=O) groups excluding carboxylic acids is 1. The number of amides is 2. The Morgan fingerprint density at radius 3 is 2.54 bits per heavy atom. The molecule has 0 spiro atoms. The summed E-state index contributed by atoms with van der Waals surface area (Å²) in [4.78, 5) is 14.0. The van der Waals surface area contributed by atoms with Gasteiger partial charge in [0.05, 0.1) is 12.1 Å². The van der Waals surface area contributed by atoms with Crippen molar-refractivity contribution in [1.29, 1.82) is 0 Å². The number of carbonyl (C=O) groups is 1. The largest absolute Gasteiger partial charge is 0.391 e. The minimum Gasteiger partial charge on any atom is -0.391 e. The molecule has 1 fully saturated rings. The maximum absolute atomic E-state index is 13.5. The Morgan fingerprint density at radius 1 is 1.17 bits per heavy atom. The van der Waals surface area contributed by atoms with Gasteiger partial charge in [-0.2, -0.15) is 0 Å². The second-order valence-corrected chi connectivity index (χ2v) is 6.03. The van der Waals surface area contributed by atoms with Crippen LogP contribution in [0.3, 0.4) is 0 Å². The maximum Gasteiger partial charge on any atom is 0.322 e. The van der Waals surface area contributed by atoms with Crippen LogP contribution in [0.1, 0.15) is 23.6 Å². The topological polar surface area (TPSA) is 52.6 Å². The summed E-state index contributed by atoms with van der Waals surface area (Å²) in [6, 6.07) is 9.98. The molecule has 0 aromatic heterocycles. The van der Waals surface area contributed by atoms with E-state index in [0.717, 1.165) is 17.7 Å². The molecule has 0 bridgehead atoms. The van der Waals surface area contributed by atoms with Gasteiger partial charge in [0.2, 0.25) is 0 Å². The molecule has 1 heterocycles. The molecule has 0 radical (unpaired) electrons. The highest BCUT2D eigenvalue weighted by Crippen LogP contribution is 2.33. The summed E-state index contributed by atoms with van der Waals surface area (Å²) in [5.41, 5.74) is 2.17. The van der Waals surface area contributed by atoms with Crippen LogP contribution in [0.25, 0.3) is 0 Å². The average Bonchev–Trinajstić information content (AvgIpc) is 2.94. The van der Waals surface area contributed by atoms with E-state index in [2.05, 4.69) is 5.32 Å². The molecule has 126 valence electrons. The Bertz CT molecular complexity index is 749. The van der Waals surface area contributed by atoms with E-state index in [1.807, 2.05) is 19.1 Å². The zero-order chi connectivity index (χ0) is 17.3. The molecule has 1 aliphatic rings. The minimum atomic E-state index is -0.965. The molecule has 0 unspecified atom stereocenters. The SMILES string of the molecule is Cc1ccc(NC(=O)N2C[C@@H](O)C[C@H]2c2ccc(F)c(F)c2)cc1. The number of nitrogens with zero attached hydrogens (tertiary/aromatic N) is 1. The first-order valence-electron chi connectivity index (χ1n) is 7.71. The van der Waals surface area contributed by atoms with Gasteiger partial charge in [-0.25, -0.2) is 13.6 Å². The van der Waals surface area contributed by atoms with Crippen molar-refractivity contribution in [2.75, 3.05) is 11.9 Å². The normalized spacial score (nSPS) is 20.2. The molecular weight excluding hydrogens is 314 g/mol. The number of aliphatic hydroxyl groups excluding tert-OH is 1. The van der Waals surface area contributed by atoms with Gasteiger partial charge in [0.1, 0.15) is 0 Å². The number of halogens is 2. The van der Waals surface area contributed by atoms with Crippen molar-refractivity contribution in [3.63, 3.8) is 0 Å². The highest BCUT2D eigenvalue weighted by Gasteiger charge is 2.35. The molecule has 1 aliphatic heterocycles. The van der Waals surface area contributed by atoms with Crippen molar-refractivity contribution in [3.05, 3.63) is 65.2 Å². The second kappa shape index (κ2) is 6.57. The number of hydrogen-bond acceptors (Lipinski definition) is 2. The van der Waals surface area contributed by atoms with Gasteiger partial charge in [0.25, 0.3) is 0 Å². The Hall–Kier alpha value is -2.47. The van der Waals surface area contributed by atoms with E-state index in [0.29, 0.717) is 11.3 Å². The molecule has 2 atom stereocenters. The zero-order valence-electron chi connectivity index (χ0n) is 13.2. The van der Waals surface area contributed by atoms with Crippen LogP contribution in [0.15, 0.2) is 42.5 Å². The summed E-state index contributed by atoms with van der Waals surface area (Å²) < 4.78 is 26.6. The monoisotopic (exact) mass is 332 g/mol. The Kier molecular flexibility index (Phi) is 4.49. The van der Waals surface area contributed by atoms with Gasteiger partial charge in [-0.1, -0.05) is 23.8 Å². The molecule has 2 N–H and O–H groups in total. The Morgan fingerprint density at radius 2 is 1.88 bits per heavy atom. The maximum atomic E-state index is 13.5. The van der Waals surface area contributed by atoms with Gasteiger partial charge in [-0.15, -0.1) is 0 Å². The summed E-state index contributed by atoms with van der Waals surface area (Å²) in [7, 11) is 0. The highest BCUT2D eigenvalue weighted by atomic mass is 19.2. The third kappa shape index (κ3) is 3.38. The van der Waals surface area contributed by atoms with Crippen molar-refractivity contribution in [3.8, 4) is 0 Å². The molecule has 2 amide bonds. The van der Waals surface area contributed by atoms with E-state index in [1.54, 1.807) is 12.1 Å². The quantitative estimate of drug-likeness (QED) is 0.883. The zero-order valence-corrected chi connectivity index (χ0v) is 13.2. The number of β-amino-alcohol motifs (C(OH)–C–C–N with tert-alkyl or cyclic N) is 1. The van der Waals surface area contributed by atoms with Crippen LogP contribution in [0, 0.1) is 18.6 Å². The standard InChI is InChI=1S/C18H18F2N2O2/c1-11-2-5-13(6-3-11)21-18(24)22-10-14(23)9-17(22)12-4-7-15(19)16(20)8-12/h2-8,14,17,23H,9-10H2,1H3,(H,21,24)/t14-,17-/m0/s1. The van der Waals surface area contributed by atoms with Crippen molar-refractivity contribution < 1.29 is 18.7 Å².